The average molecular weight is 369 g/mol. The third-order valence-electron chi connectivity index (χ3n) is 5.30. The van der Waals surface area contributed by atoms with Gasteiger partial charge >= 0.3 is 5.97 Å². The van der Waals surface area contributed by atoms with Gasteiger partial charge < -0.3 is 10.0 Å². The molecular weight excluding hydrogens is 346 g/mol. The summed E-state index contributed by atoms with van der Waals surface area (Å²) in [4.78, 5) is 38.1. The number of carboxylic acids is 1. The van der Waals surface area contributed by atoms with Crippen LogP contribution in [0, 0.1) is 26.7 Å². The molecule has 2 aromatic rings. The SMILES string of the molecule is Cc1ccccc1[C@H]1CN(C(=O)Cn2nc(C)c(C)cc2=O)C[C@@H]1C(=O)O. The van der Waals surface area contributed by atoms with Crippen molar-refractivity contribution in [2.45, 2.75) is 33.2 Å². The minimum absolute atomic E-state index is 0.132. The van der Waals surface area contributed by atoms with E-state index in [0.29, 0.717) is 12.2 Å². The number of rotatable bonds is 4. The molecule has 7 nitrogen and oxygen atoms in total. The summed E-state index contributed by atoms with van der Waals surface area (Å²) in [6.45, 7) is 5.78. The highest BCUT2D eigenvalue weighted by molar-refractivity contribution is 5.79. The second kappa shape index (κ2) is 7.34. The predicted molar refractivity (Wildman–Crippen MR) is 99.6 cm³/mol. The van der Waals surface area contributed by atoms with Crippen molar-refractivity contribution in [2.75, 3.05) is 13.1 Å². The molecule has 1 aromatic carbocycles. The molecule has 27 heavy (non-hydrogen) atoms. The molecule has 3 rings (SSSR count). The van der Waals surface area contributed by atoms with E-state index in [4.69, 9.17) is 0 Å². The first-order valence-corrected chi connectivity index (χ1v) is 8.89. The quantitative estimate of drug-likeness (QED) is 0.882. The van der Waals surface area contributed by atoms with E-state index in [1.807, 2.05) is 31.2 Å². The van der Waals surface area contributed by atoms with E-state index in [0.717, 1.165) is 21.4 Å². The molecule has 142 valence electrons. The molecule has 1 aromatic heterocycles. The van der Waals surface area contributed by atoms with Gasteiger partial charge in [-0.25, -0.2) is 4.68 Å². The maximum atomic E-state index is 12.7. The van der Waals surface area contributed by atoms with Crippen LogP contribution in [0.1, 0.15) is 28.3 Å². The highest BCUT2D eigenvalue weighted by Gasteiger charge is 2.40. The van der Waals surface area contributed by atoms with Crippen LogP contribution in [0.15, 0.2) is 35.1 Å². The summed E-state index contributed by atoms with van der Waals surface area (Å²) in [7, 11) is 0. The Hall–Kier alpha value is -2.96. The average Bonchev–Trinajstić information content (AvgIpc) is 3.05. The molecular formula is C20H23N3O4. The maximum absolute atomic E-state index is 12.7. The molecule has 1 aliphatic heterocycles. The van der Waals surface area contributed by atoms with Crippen molar-refractivity contribution < 1.29 is 14.7 Å². The molecule has 7 heteroatoms. The van der Waals surface area contributed by atoms with E-state index in [1.54, 1.807) is 13.8 Å². The summed E-state index contributed by atoms with van der Waals surface area (Å²) >= 11 is 0. The monoisotopic (exact) mass is 369 g/mol. The van der Waals surface area contributed by atoms with Gasteiger partial charge in [0.2, 0.25) is 5.91 Å². The fourth-order valence-electron chi connectivity index (χ4n) is 3.59. The lowest BCUT2D eigenvalue weighted by molar-refractivity contribution is -0.141. The molecule has 0 unspecified atom stereocenters. The minimum Gasteiger partial charge on any atom is -0.481 e. The normalized spacial score (nSPS) is 19.3. The summed E-state index contributed by atoms with van der Waals surface area (Å²) in [6, 6.07) is 9.10. The number of benzene rings is 1. The van der Waals surface area contributed by atoms with E-state index in [2.05, 4.69) is 5.10 Å². The van der Waals surface area contributed by atoms with Gasteiger partial charge in [-0.15, -0.1) is 0 Å². The number of carbonyl (C=O) groups is 2. The zero-order chi connectivity index (χ0) is 19.7. The van der Waals surface area contributed by atoms with Crippen molar-refractivity contribution in [3.05, 3.63) is 63.1 Å². The van der Waals surface area contributed by atoms with E-state index in [-0.39, 0.29) is 30.5 Å². The van der Waals surface area contributed by atoms with Crippen LogP contribution in [0.4, 0.5) is 0 Å². The fourth-order valence-corrected chi connectivity index (χ4v) is 3.59. The molecule has 2 heterocycles. The number of nitrogens with zero attached hydrogens (tertiary/aromatic N) is 3. The smallest absolute Gasteiger partial charge is 0.308 e. The van der Waals surface area contributed by atoms with Gasteiger partial charge in [0.05, 0.1) is 11.6 Å². The van der Waals surface area contributed by atoms with Crippen LogP contribution in [-0.4, -0.2) is 44.8 Å². The third-order valence-corrected chi connectivity index (χ3v) is 5.30. The van der Waals surface area contributed by atoms with Crippen LogP contribution >= 0.6 is 0 Å². The maximum Gasteiger partial charge on any atom is 0.308 e. The summed E-state index contributed by atoms with van der Waals surface area (Å²) in [5.74, 6) is -2.15. The number of aliphatic carboxylic acids is 1. The first-order chi connectivity index (χ1) is 12.8. The second-order valence-corrected chi connectivity index (χ2v) is 7.12. The minimum atomic E-state index is -0.917. The topological polar surface area (TPSA) is 92.5 Å². The van der Waals surface area contributed by atoms with E-state index in [1.165, 1.54) is 11.0 Å². The predicted octanol–water partition coefficient (Wildman–Crippen LogP) is 1.50. The standard InChI is InChI=1S/C20H23N3O4/c1-12-6-4-5-7-15(12)16-9-22(10-17(16)20(26)27)19(25)11-23-18(24)8-13(2)14(3)21-23/h4-8,16-17H,9-11H2,1-3H3,(H,26,27)/t16-,17+/m1/s1. The molecule has 2 atom stereocenters. The number of hydrogen-bond acceptors (Lipinski definition) is 4. The van der Waals surface area contributed by atoms with Crippen LogP contribution in [-0.2, 0) is 16.1 Å². The molecule has 1 N–H and O–H groups in total. The number of carbonyl (C=O) groups excluding carboxylic acids is 1. The van der Waals surface area contributed by atoms with Crippen LogP contribution in [0.5, 0.6) is 0 Å². The number of amides is 1. The molecule has 1 aliphatic rings. The molecule has 1 saturated heterocycles. The van der Waals surface area contributed by atoms with E-state index < -0.39 is 11.9 Å². The zero-order valence-corrected chi connectivity index (χ0v) is 15.7. The lowest BCUT2D eigenvalue weighted by Gasteiger charge is -2.18. The lowest BCUT2D eigenvalue weighted by atomic mass is 9.86. The Balaban J connectivity index is 1.83. The summed E-state index contributed by atoms with van der Waals surface area (Å²) in [5, 5.41) is 13.8. The number of carboxylic acid groups (broad SMARTS) is 1. The highest BCUT2D eigenvalue weighted by Crippen LogP contribution is 2.34. The Bertz CT molecular complexity index is 950. The Morgan fingerprint density at radius 3 is 2.52 bits per heavy atom. The van der Waals surface area contributed by atoms with Crippen LogP contribution in [0.3, 0.4) is 0 Å². The van der Waals surface area contributed by atoms with Gasteiger partial charge in [0.15, 0.2) is 0 Å². The zero-order valence-electron chi connectivity index (χ0n) is 15.7. The Kier molecular flexibility index (Phi) is 5.12. The van der Waals surface area contributed by atoms with Gasteiger partial charge in [0.25, 0.3) is 5.56 Å². The van der Waals surface area contributed by atoms with Gasteiger partial charge in [0.1, 0.15) is 6.54 Å². The van der Waals surface area contributed by atoms with E-state index >= 15 is 0 Å². The van der Waals surface area contributed by atoms with Crippen LogP contribution < -0.4 is 5.56 Å². The van der Waals surface area contributed by atoms with Gasteiger partial charge in [-0.2, -0.15) is 5.10 Å². The summed E-state index contributed by atoms with van der Waals surface area (Å²) in [5.41, 5.74) is 3.08. The van der Waals surface area contributed by atoms with Gasteiger partial charge in [-0.1, -0.05) is 24.3 Å². The van der Waals surface area contributed by atoms with Gasteiger partial charge in [0, 0.05) is 25.1 Å². The lowest BCUT2D eigenvalue weighted by Crippen LogP contribution is -2.36. The molecule has 1 amide bonds. The van der Waals surface area contributed by atoms with Crippen molar-refractivity contribution in [2.24, 2.45) is 5.92 Å². The summed E-state index contributed by atoms with van der Waals surface area (Å²) in [6.07, 6.45) is 0. The third kappa shape index (κ3) is 3.77. The van der Waals surface area contributed by atoms with Crippen molar-refractivity contribution in [3.8, 4) is 0 Å². The molecule has 0 radical (unpaired) electrons. The molecule has 0 spiro atoms. The molecule has 0 aliphatic carbocycles. The Labute approximate surface area is 157 Å². The first-order valence-electron chi connectivity index (χ1n) is 8.89. The van der Waals surface area contributed by atoms with Crippen LogP contribution in [0.25, 0.3) is 0 Å². The van der Waals surface area contributed by atoms with Crippen molar-refractivity contribution in [3.63, 3.8) is 0 Å². The molecule has 0 bridgehead atoms. The summed E-state index contributed by atoms with van der Waals surface area (Å²) < 4.78 is 1.14. The van der Waals surface area contributed by atoms with Crippen molar-refractivity contribution in [1.29, 1.82) is 0 Å². The van der Waals surface area contributed by atoms with Crippen molar-refractivity contribution in [1.82, 2.24) is 14.7 Å². The Morgan fingerprint density at radius 1 is 1.15 bits per heavy atom. The number of aromatic nitrogens is 2. The molecule has 1 fully saturated rings. The second-order valence-electron chi connectivity index (χ2n) is 7.12. The molecule has 0 saturated carbocycles. The van der Waals surface area contributed by atoms with Gasteiger partial charge in [-0.05, 0) is 37.5 Å². The largest absolute Gasteiger partial charge is 0.481 e. The number of likely N-dealkylation sites (tertiary alicyclic amines) is 1. The number of aryl methyl sites for hydroxylation is 3. The first kappa shape index (κ1) is 18.8. The Morgan fingerprint density at radius 2 is 1.85 bits per heavy atom. The number of hydrogen-bond donors (Lipinski definition) is 1. The fraction of sp³-hybridized carbons (Fsp3) is 0.400. The van der Waals surface area contributed by atoms with Crippen LogP contribution in [0.2, 0.25) is 0 Å². The van der Waals surface area contributed by atoms with Crippen molar-refractivity contribution >= 4 is 11.9 Å². The highest BCUT2D eigenvalue weighted by atomic mass is 16.4. The van der Waals surface area contributed by atoms with E-state index in [9.17, 15) is 19.5 Å². The van der Waals surface area contributed by atoms with Gasteiger partial charge in [-0.3, -0.25) is 14.4 Å².